The number of benzene rings is 1. The number of anilines is 1. The van der Waals surface area contributed by atoms with Crippen LogP contribution in [0.4, 0.5) is 10.1 Å². The molecule has 1 aromatic rings. The van der Waals surface area contributed by atoms with Crippen molar-refractivity contribution in [2.24, 2.45) is 17.4 Å². The predicted molar refractivity (Wildman–Crippen MR) is 88.9 cm³/mol. The summed E-state index contributed by atoms with van der Waals surface area (Å²) in [6.07, 6.45) is 1.80. The minimum atomic E-state index is -0.438. The van der Waals surface area contributed by atoms with E-state index < -0.39 is 5.82 Å². The molecule has 0 amide bonds. The summed E-state index contributed by atoms with van der Waals surface area (Å²) in [7, 11) is 0. The summed E-state index contributed by atoms with van der Waals surface area (Å²) in [5, 5.41) is 22.5. The molecule has 0 atom stereocenters. The van der Waals surface area contributed by atoms with E-state index in [-0.39, 0.29) is 27.9 Å². The predicted octanol–water partition coefficient (Wildman–Crippen LogP) is 1.38. The zero-order chi connectivity index (χ0) is 17.4. The lowest BCUT2D eigenvalue weighted by Gasteiger charge is -2.32. The summed E-state index contributed by atoms with van der Waals surface area (Å²) in [5.74, 6) is -0.196. The molecule has 1 aromatic carbocycles. The molecule has 8 nitrogen and oxygen atoms in total. The van der Waals surface area contributed by atoms with Gasteiger partial charge in [-0.05, 0) is 52.9 Å². The fourth-order valence-electron chi connectivity index (χ4n) is 2.72. The lowest BCUT2D eigenvalue weighted by Crippen LogP contribution is -2.42. The molecule has 1 heterocycles. The molecule has 24 heavy (non-hydrogen) atoms. The highest BCUT2D eigenvalue weighted by atomic mass is 79.9. The van der Waals surface area contributed by atoms with E-state index in [0.717, 1.165) is 17.9 Å². The number of halogens is 2. The van der Waals surface area contributed by atoms with Crippen LogP contribution in [0.2, 0.25) is 0 Å². The fraction of sp³-hybridized carbons (Fsp3) is 0.357. The maximum absolute atomic E-state index is 13.4. The van der Waals surface area contributed by atoms with E-state index in [1.165, 1.54) is 18.2 Å². The van der Waals surface area contributed by atoms with Gasteiger partial charge in [0.2, 0.25) is 0 Å². The van der Waals surface area contributed by atoms with Crippen molar-refractivity contribution in [1.29, 1.82) is 5.41 Å². The normalized spacial score (nSPS) is 23.5. The first-order valence-electron chi connectivity index (χ1n) is 7.37. The molecule has 1 aliphatic carbocycles. The van der Waals surface area contributed by atoms with Crippen LogP contribution in [0.1, 0.15) is 12.8 Å². The Morgan fingerprint density at radius 1 is 1.50 bits per heavy atom. The Bertz CT molecular complexity index is 694. The Morgan fingerprint density at radius 3 is 2.79 bits per heavy atom. The Labute approximate surface area is 146 Å². The van der Waals surface area contributed by atoms with E-state index in [0.29, 0.717) is 23.4 Å². The summed E-state index contributed by atoms with van der Waals surface area (Å²) < 4.78 is 13.6. The average Bonchev–Trinajstić information content (AvgIpc) is 2.82. The molecule has 10 heteroatoms. The summed E-state index contributed by atoms with van der Waals surface area (Å²) in [5.41, 5.74) is 11.9. The van der Waals surface area contributed by atoms with Gasteiger partial charge in [-0.3, -0.25) is 10.6 Å². The van der Waals surface area contributed by atoms with E-state index in [4.69, 9.17) is 21.8 Å². The van der Waals surface area contributed by atoms with E-state index >= 15 is 0 Å². The van der Waals surface area contributed by atoms with Gasteiger partial charge in [-0.25, -0.2) is 4.39 Å². The van der Waals surface area contributed by atoms with Crippen LogP contribution >= 0.6 is 15.9 Å². The largest absolute Gasteiger partial charge is 0.382 e. The van der Waals surface area contributed by atoms with Crippen LogP contribution in [-0.4, -0.2) is 28.9 Å². The lowest BCUT2D eigenvalue weighted by atomic mass is 9.81. The van der Waals surface area contributed by atoms with Gasteiger partial charge in [0.05, 0.1) is 10.2 Å². The Morgan fingerprint density at radius 2 is 2.21 bits per heavy atom. The van der Waals surface area contributed by atoms with Gasteiger partial charge in [-0.1, -0.05) is 5.23 Å². The zero-order valence-electron chi connectivity index (χ0n) is 12.7. The highest BCUT2D eigenvalue weighted by Crippen LogP contribution is 2.32. The number of hydrogen-bond acceptors (Lipinski definition) is 7. The highest BCUT2D eigenvalue weighted by molar-refractivity contribution is 9.10. The quantitative estimate of drug-likeness (QED) is 0.373. The van der Waals surface area contributed by atoms with E-state index in [1.807, 2.05) is 0 Å². The third-order valence-electron chi connectivity index (χ3n) is 4.00. The molecule has 0 spiro atoms. The molecule has 7 N–H and O–H groups in total. The maximum atomic E-state index is 13.4. The molecule has 1 saturated carbocycles. The Kier molecular flexibility index (Phi) is 4.63. The topological polar surface area (TPSA) is 124 Å². The van der Waals surface area contributed by atoms with Crippen molar-refractivity contribution in [2.45, 2.75) is 18.9 Å². The molecule has 1 aliphatic heterocycles. The Balaban J connectivity index is 1.84. The number of nitrogens with one attached hydrogen (secondary N) is 2. The molecule has 2 aliphatic rings. The van der Waals surface area contributed by atoms with Gasteiger partial charge in [0, 0.05) is 12.6 Å². The smallest absolute Gasteiger partial charge is 0.190 e. The number of rotatable bonds is 5. The second-order valence-electron chi connectivity index (χ2n) is 5.84. The first-order chi connectivity index (χ1) is 11.4. The number of nitrogens with zero attached hydrogens (tertiary/aromatic N) is 2. The zero-order valence-corrected chi connectivity index (χ0v) is 14.3. The van der Waals surface area contributed by atoms with Crippen LogP contribution in [0.5, 0.6) is 0 Å². The molecule has 0 bridgehead atoms. The van der Waals surface area contributed by atoms with Crippen LogP contribution < -0.4 is 21.8 Å². The first kappa shape index (κ1) is 17.0. The average molecular weight is 401 g/mol. The van der Waals surface area contributed by atoms with Crippen LogP contribution in [0.3, 0.4) is 0 Å². The van der Waals surface area contributed by atoms with Crippen molar-refractivity contribution in [1.82, 2.24) is 10.5 Å². The van der Waals surface area contributed by atoms with Crippen LogP contribution in [-0.2, 0) is 4.94 Å². The summed E-state index contributed by atoms with van der Waals surface area (Å²) >= 11 is 3.09. The minimum Gasteiger partial charge on any atom is -0.382 e. The fourth-order valence-corrected chi connectivity index (χ4v) is 3.08. The second kappa shape index (κ2) is 6.55. The maximum Gasteiger partial charge on any atom is 0.190 e. The van der Waals surface area contributed by atoms with Gasteiger partial charge in [0.15, 0.2) is 11.5 Å². The van der Waals surface area contributed by atoms with Gasteiger partial charge in [-0.2, -0.15) is 5.06 Å². The van der Waals surface area contributed by atoms with E-state index in [2.05, 4.69) is 21.2 Å². The molecule has 0 saturated heterocycles. The number of hydroxylamine groups is 3. The van der Waals surface area contributed by atoms with Crippen molar-refractivity contribution in [3.8, 4) is 0 Å². The SMILES string of the molecule is N=C(N)C1=C(NCC2CC(N)C2)N(O)ON1c1ccc(F)c(Br)c1. The van der Waals surface area contributed by atoms with Crippen molar-refractivity contribution in [2.75, 3.05) is 11.6 Å². The molecule has 0 radical (unpaired) electrons. The standard InChI is InChI=1S/C14H18BrFN6O2/c15-10-5-9(1-2-11(10)16)21-12(13(18)19)14(22(23)24-21)20-6-7-3-8(17)4-7/h1-2,5,7-8,20,23H,3-4,6,17H2,(H3,18,19). The molecule has 3 rings (SSSR count). The summed E-state index contributed by atoms with van der Waals surface area (Å²) in [4.78, 5) is 5.23. The van der Waals surface area contributed by atoms with Crippen molar-refractivity contribution >= 4 is 27.5 Å². The molecule has 1 fully saturated rings. The lowest BCUT2D eigenvalue weighted by molar-refractivity contribution is -0.306. The number of hydrogen-bond donors (Lipinski definition) is 5. The Hall–Kier alpha value is -1.88. The van der Waals surface area contributed by atoms with Crippen LogP contribution in [0.25, 0.3) is 0 Å². The van der Waals surface area contributed by atoms with Crippen molar-refractivity contribution in [3.05, 3.63) is 40.0 Å². The minimum absolute atomic E-state index is 0.139. The van der Waals surface area contributed by atoms with Crippen LogP contribution in [0.15, 0.2) is 34.2 Å². The third kappa shape index (κ3) is 3.18. The van der Waals surface area contributed by atoms with Crippen molar-refractivity contribution < 1.29 is 14.5 Å². The van der Waals surface area contributed by atoms with Gasteiger partial charge in [0.1, 0.15) is 11.7 Å². The van der Waals surface area contributed by atoms with Gasteiger partial charge in [-0.15, -0.1) is 4.94 Å². The molecule has 0 aromatic heterocycles. The second-order valence-corrected chi connectivity index (χ2v) is 6.69. The van der Waals surface area contributed by atoms with Gasteiger partial charge >= 0.3 is 0 Å². The van der Waals surface area contributed by atoms with Crippen molar-refractivity contribution in [3.63, 3.8) is 0 Å². The summed E-state index contributed by atoms with van der Waals surface area (Å²) in [6, 6.07) is 4.37. The molecule has 130 valence electrons. The monoisotopic (exact) mass is 400 g/mol. The van der Waals surface area contributed by atoms with E-state index in [9.17, 15) is 9.60 Å². The molecular weight excluding hydrogens is 383 g/mol. The molecule has 0 unspecified atom stereocenters. The number of amidine groups is 1. The van der Waals surface area contributed by atoms with Gasteiger partial charge < -0.3 is 16.8 Å². The number of nitrogens with two attached hydrogens (primary N) is 2. The van der Waals surface area contributed by atoms with E-state index in [1.54, 1.807) is 0 Å². The highest BCUT2D eigenvalue weighted by Gasteiger charge is 2.35. The third-order valence-corrected chi connectivity index (χ3v) is 4.61. The van der Waals surface area contributed by atoms with Crippen LogP contribution in [0, 0.1) is 17.1 Å². The summed E-state index contributed by atoms with van der Waals surface area (Å²) in [6.45, 7) is 0.571. The van der Waals surface area contributed by atoms with Gasteiger partial charge in [0.25, 0.3) is 0 Å². The molecular formula is C14H18BrFN6O2. The first-order valence-corrected chi connectivity index (χ1v) is 8.16.